The highest BCUT2D eigenvalue weighted by Gasteiger charge is 2.30. The molecular weight excluding hydrogens is 492 g/mol. The summed E-state index contributed by atoms with van der Waals surface area (Å²) in [6.07, 6.45) is 0. The predicted octanol–water partition coefficient (Wildman–Crippen LogP) is 6.07. The predicted molar refractivity (Wildman–Crippen MR) is 144 cm³/mol. The van der Waals surface area contributed by atoms with Crippen LogP contribution in [0.3, 0.4) is 0 Å². The van der Waals surface area contributed by atoms with Crippen LogP contribution in [0.5, 0.6) is 0 Å². The van der Waals surface area contributed by atoms with Crippen LogP contribution in [0.2, 0.25) is 5.02 Å². The van der Waals surface area contributed by atoms with Crippen LogP contribution in [0.1, 0.15) is 16.7 Å². The maximum absolute atomic E-state index is 13.8. The minimum atomic E-state index is -4.04. The summed E-state index contributed by atoms with van der Waals surface area (Å²) < 4.78 is 28.8. The van der Waals surface area contributed by atoms with Crippen molar-refractivity contribution in [2.75, 3.05) is 10.8 Å². The lowest BCUT2D eigenvalue weighted by Crippen LogP contribution is -2.42. The van der Waals surface area contributed by atoms with Gasteiger partial charge in [-0.1, -0.05) is 90.5 Å². The SMILES string of the molecule is Cc1ccccc1N(CC(=O)N(Cc1ccccc1)Cc1ccccc1)S(=O)(=O)c1ccc(Cl)cc1. The third-order valence-electron chi connectivity index (χ3n) is 5.85. The van der Waals surface area contributed by atoms with Gasteiger partial charge in [0.2, 0.25) is 5.91 Å². The molecule has 4 aromatic rings. The van der Waals surface area contributed by atoms with E-state index in [1.807, 2.05) is 79.7 Å². The monoisotopic (exact) mass is 518 g/mol. The fourth-order valence-corrected chi connectivity index (χ4v) is 5.54. The van der Waals surface area contributed by atoms with Crippen molar-refractivity contribution in [1.82, 2.24) is 4.90 Å². The molecule has 0 heterocycles. The molecule has 0 aromatic heterocycles. The van der Waals surface area contributed by atoms with E-state index in [-0.39, 0.29) is 17.3 Å². The number of sulfonamides is 1. The Morgan fingerprint density at radius 2 is 1.22 bits per heavy atom. The van der Waals surface area contributed by atoms with E-state index in [0.717, 1.165) is 16.7 Å². The standard InChI is InChI=1S/C29H27ClN2O3S/c1-23-10-8-9-15-28(23)32(36(34,35)27-18-16-26(30)17-19-27)22-29(33)31(20-24-11-4-2-5-12-24)21-25-13-6-3-7-14-25/h2-19H,20-22H2,1H3. The van der Waals surface area contributed by atoms with Gasteiger partial charge in [-0.15, -0.1) is 0 Å². The quantitative estimate of drug-likeness (QED) is 0.270. The molecule has 0 atom stereocenters. The average Bonchev–Trinajstić information content (AvgIpc) is 2.89. The number of carbonyl (C=O) groups excluding carboxylic acids is 1. The van der Waals surface area contributed by atoms with E-state index >= 15 is 0 Å². The van der Waals surface area contributed by atoms with E-state index in [1.165, 1.54) is 28.6 Å². The van der Waals surface area contributed by atoms with Crippen molar-refractivity contribution in [3.63, 3.8) is 0 Å². The van der Waals surface area contributed by atoms with Crippen LogP contribution in [-0.4, -0.2) is 25.8 Å². The van der Waals surface area contributed by atoms with Gasteiger partial charge in [-0.3, -0.25) is 9.10 Å². The highest BCUT2D eigenvalue weighted by molar-refractivity contribution is 7.92. The summed E-state index contributed by atoms with van der Waals surface area (Å²) in [6.45, 7) is 2.21. The molecule has 184 valence electrons. The van der Waals surface area contributed by atoms with E-state index in [0.29, 0.717) is 23.8 Å². The second-order valence-corrected chi connectivity index (χ2v) is 10.8. The molecule has 0 saturated carbocycles. The van der Waals surface area contributed by atoms with Crippen molar-refractivity contribution in [1.29, 1.82) is 0 Å². The zero-order valence-electron chi connectivity index (χ0n) is 19.9. The van der Waals surface area contributed by atoms with E-state index in [4.69, 9.17) is 11.6 Å². The van der Waals surface area contributed by atoms with Crippen molar-refractivity contribution in [3.05, 3.63) is 131 Å². The molecule has 0 spiro atoms. The van der Waals surface area contributed by atoms with Gasteiger partial charge in [0.1, 0.15) is 6.54 Å². The Balaban J connectivity index is 1.71. The third-order valence-corrected chi connectivity index (χ3v) is 7.88. The Kier molecular flexibility index (Phi) is 8.08. The van der Waals surface area contributed by atoms with Crippen LogP contribution in [0.15, 0.2) is 114 Å². The van der Waals surface area contributed by atoms with Crippen LogP contribution in [0.4, 0.5) is 5.69 Å². The first-order valence-electron chi connectivity index (χ1n) is 11.5. The molecule has 0 saturated heterocycles. The van der Waals surface area contributed by atoms with Gasteiger partial charge in [0, 0.05) is 18.1 Å². The Bertz CT molecular complexity index is 1370. The van der Waals surface area contributed by atoms with Gasteiger partial charge in [-0.2, -0.15) is 0 Å². The fraction of sp³-hybridized carbons (Fsp3) is 0.138. The first kappa shape index (κ1) is 25.5. The number of carbonyl (C=O) groups is 1. The van der Waals surface area contributed by atoms with Crippen LogP contribution < -0.4 is 4.31 Å². The second kappa shape index (κ2) is 11.4. The molecule has 0 N–H and O–H groups in total. The minimum Gasteiger partial charge on any atom is -0.332 e. The first-order chi connectivity index (χ1) is 17.3. The minimum absolute atomic E-state index is 0.0700. The molecule has 7 heteroatoms. The number of aryl methyl sites for hydroxylation is 1. The van der Waals surface area contributed by atoms with Gasteiger partial charge in [0.15, 0.2) is 0 Å². The molecule has 1 amide bonds. The van der Waals surface area contributed by atoms with E-state index in [2.05, 4.69) is 0 Å². The molecule has 0 bridgehead atoms. The van der Waals surface area contributed by atoms with Gasteiger partial charge in [-0.05, 0) is 53.9 Å². The average molecular weight is 519 g/mol. The van der Waals surface area contributed by atoms with E-state index in [1.54, 1.807) is 17.0 Å². The Morgan fingerprint density at radius 3 is 1.75 bits per heavy atom. The van der Waals surface area contributed by atoms with Gasteiger partial charge in [0.25, 0.3) is 10.0 Å². The molecule has 36 heavy (non-hydrogen) atoms. The summed E-state index contributed by atoms with van der Waals surface area (Å²) in [5, 5.41) is 0.435. The lowest BCUT2D eigenvalue weighted by molar-refractivity contribution is -0.130. The summed E-state index contributed by atoms with van der Waals surface area (Å²) in [7, 11) is -4.04. The van der Waals surface area contributed by atoms with Crippen LogP contribution in [0, 0.1) is 6.92 Å². The fourth-order valence-electron chi connectivity index (χ4n) is 3.94. The van der Waals surface area contributed by atoms with Crippen molar-refractivity contribution in [3.8, 4) is 0 Å². The summed E-state index contributed by atoms with van der Waals surface area (Å²) in [5.74, 6) is -0.302. The lowest BCUT2D eigenvalue weighted by atomic mass is 10.1. The summed E-state index contributed by atoms with van der Waals surface area (Å²) in [6, 6.07) is 32.5. The molecule has 5 nitrogen and oxygen atoms in total. The molecule has 0 aliphatic carbocycles. The number of rotatable bonds is 9. The molecule has 0 unspecified atom stereocenters. The highest BCUT2D eigenvalue weighted by Crippen LogP contribution is 2.28. The summed E-state index contributed by atoms with van der Waals surface area (Å²) in [5.41, 5.74) is 3.13. The number of anilines is 1. The molecule has 4 aromatic carbocycles. The highest BCUT2D eigenvalue weighted by atomic mass is 35.5. The van der Waals surface area contributed by atoms with Gasteiger partial charge in [-0.25, -0.2) is 8.42 Å². The van der Waals surface area contributed by atoms with Crippen molar-refractivity contribution >= 4 is 33.2 Å². The van der Waals surface area contributed by atoms with Crippen molar-refractivity contribution in [2.45, 2.75) is 24.9 Å². The number of benzene rings is 4. The lowest BCUT2D eigenvalue weighted by Gasteiger charge is -2.29. The third kappa shape index (κ3) is 6.14. The Morgan fingerprint density at radius 1 is 0.722 bits per heavy atom. The van der Waals surface area contributed by atoms with Gasteiger partial charge >= 0.3 is 0 Å². The topological polar surface area (TPSA) is 57.7 Å². The van der Waals surface area contributed by atoms with Gasteiger partial charge in [0.05, 0.1) is 10.6 Å². The largest absolute Gasteiger partial charge is 0.332 e. The number of halogens is 1. The number of hydrogen-bond donors (Lipinski definition) is 0. The van der Waals surface area contributed by atoms with Crippen LogP contribution >= 0.6 is 11.6 Å². The smallest absolute Gasteiger partial charge is 0.264 e. The van der Waals surface area contributed by atoms with Gasteiger partial charge < -0.3 is 4.90 Å². The summed E-state index contributed by atoms with van der Waals surface area (Å²) >= 11 is 5.99. The molecular formula is C29H27ClN2O3S. The zero-order valence-corrected chi connectivity index (χ0v) is 21.5. The Hall–Kier alpha value is -3.61. The maximum Gasteiger partial charge on any atom is 0.264 e. The molecule has 0 aliphatic rings. The molecule has 0 radical (unpaired) electrons. The normalized spacial score (nSPS) is 11.2. The maximum atomic E-state index is 13.8. The Labute approximate surface area is 217 Å². The van der Waals surface area contributed by atoms with Crippen molar-refractivity contribution < 1.29 is 13.2 Å². The van der Waals surface area contributed by atoms with Crippen LogP contribution in [-0.2, 0) is 27.9 Å². The second-order valence-electron chi connectivity index (χ2n) is 8.47. The van der Waals surface area contributed by atoms with Crippen molar-refractivity contribution in [2.24, 2.45) is 0 Å². The molecule has 0 fully saturated rings. The zero-order chi connectivity index (χ0) is 25.5. The summed E-state index contributed by atoms with van der Waals surface area (Å²) in [4.78, 5) is 15.5. The first-order valence-corrected chi connectivity index (χ1v) is 13.4. The number of amides is 1. The van der Waals surface area contributed by atoms with E-state index < -0.39 is 10.0 Å². The number of para-hydroxylation sites is 1. The number of nitrogens with zero attached hydrogens (tertiary/aromatic N) is 2. The van der Waals surface area contributed by atoms with E-state index in [9.17, 15) is 13.2 Å². The molecule has 4 rings (SSSR count). The van der Waals surface area contributed by atoms with Crippen LogP contribution in [0.25, 0.3) is 0 Å². The molecule has 0 aliphatic heterocycles. The number of hydrogen-bond acceptors (Lipinski definition) is 3.